The van der Waals surface area contributed by atoms with Crippen molar-refractivity contribution in [2.24, 2.45) is 0 Å². The van der Waals surface area contributed by atoms with Gasteiger partial charge in [-0.15, -0.1) is 0 Å². The van der Waals surface area contributed by atoms with E-state index in [1.54, 1.807) is 35.1 Å². The summed E-state index contributed by atoms with van der Waals surface area (Å²) in [7, 11) is 6.75. The van der Waals surface area contributed by atoms with Gasteiger partial charge in [0.1, 0.15) is 49.7 Å². The molecule has 0 aliphatic carbocycles. The number of fused-ring (bicyclic) bond motifs is 4. The summed E-state index contributed by atoms with van der Waals surface area (Å²) in [5.74, 6) is 0.754. The molecule has 0 aliphatic rings. The number of aliphatic hydroxyl groups excluding tert-OH is 1. The third kappa shape index (κ3) is 24.7. The molecule has 116 heavy (non-hydrogen) atoms. The summed E-state index contributed by atoms with van der Waals surface area (Å²) >= 11 is 0. The molecule has 36 heteroatoms. The number of nitro groups is 6. The second-order valence-corrected chi connectivity index (χ2v) is 25.0. The maximum absolute atomic E-state index is 11.1. The number of aromatic nitrogens is 8. The van der Waals surface area contributed by atoms with Gasteiger partial charge >= 0.3 is 16.5 Å². The first kappa shape index (κ1) is 88.6. The molecule has 0 aliphatic heterocycles. The SMILES string of the molecule is CCO.CN(C)C=O.CN(C)C=O.O=[N+]([O-])c1cc([N+](=O)[O-])c([O-])c([N+](=O)[O-])c1.O=[N+]([O-])c1cc([N+](=O)[O-])c([O-])c([N+](=O)[O-])c1.[Ni+2].c1ccc(Cn2c(COCc3nc4ccccc4n3Cc3ccccc3)nc3ccccc32)cc1.c1ccc(Cn2c(COCc3nc4ccccc4n3Cc3ccccc3)nc3ccccc32)cc1. The second-order valence-electron chi connectivity index (χ2n) is 25.0. The summed E-state index contributed by atoms with van der Waals surface area (Å²) in [5.41, 5.74) is 6.83. The van der Waals surface area contributed by atoms with Gasteiger partial charge in [-0.05, 0) is 77.7 Å². The summed E-state index contributed by atoms with van der Waals surface area (Å²) in [6.07, 6.45) is 1.50. The van der Waals surface area contributed by atoms with Crippen LogP contribution in [0.25, 0.3) is 44.1 Å². The summed E-state index contributed by atoms with van der Waals surface area (Å²) in [4.78, 5) is 96.3. The Morgan fingerprint density at radius 3 is 0.698 bits per heavy atom. The first-order chi connectivity index (χ1) is 55.3. The number of aliphatic hydroxyl groups is 1. The van der Waals surface area contributed by atoms with Crippen molar-refractivity contribution in [1.29, 1.82) is 0 Å². The van der Waals surface area contributed by atoms with Crippen LogP contribution in [0.15, 0.2) is 243 Å². The van der Waals surface area contributed by atoms with Crippen LogP contribution in [0.2, 0.25) is 0 Å². The van der Waals surface area contributed by atoms with Crippen LogP contribution in [0, 0.1) is 60.7 Å². The van der Waals surface area contributed by atoms with Gasteiger partial charge in [-0.3, -0.25) is 70.3 Å². The quantitative estimate of drug-likeness (QED) is 0.0254. The fraction of sp³-hybridized carbons (Fsp3) is 0.175. The van der Waals surface area contributed by atoms with Crippen LogP contribution >= 0.6 is 0 Å². The minimum atomic E-state index is -1.46. The fourth-order valence-corrected chi connectivity index (χ4v) is 11.1. The van der Waals surface area contributed by atoms with Crippen LogP contribution in [-0.4, -0.2) is 130 Å². The Balaban J connectivity index is 0.000000213. The summed E-state index contributed by atoms with van der Waals surface area (Å²) in [6, 6.07) is 76.5. The zero-order valence-corrected chi connectivity index (χ0v) is 63.9. The Morgan fingerprint density at radius 2 is 0.526 bits per heavy atom. The van der Waals surface area contributed by atoms with Crippen LogP contribution in [0.3, 0.4) is 0 Å². The third-order valence-electron chi connectivity index (χ3n) is 16.3. The number of carbonyl (C=O) groups excluding carboxylic acids is 2. The predicted octanol–water partition coefficient (Wildman–Crippen LogP) is 12.8. The van der Waals surface area contributed by atoms with Crippen molar-refractivity contribution in [1.82, 2.24) is 48.0 Å². The summed E-state index contributed by atoms with van der Waals surface area (Å²) in [5, 5.41) is 91.8. The minimum absolute atomic E-state index is 0. The van der Waals surface area contributed by atoms with Crippen molar-refractivity contribution < 1.29 is 80.4 Å². The summed E-state index contributed by atoms with van der Waals surface area (Å²) < 4.78 is 21.5. The molecular formula is C80H76N16NiO19. The van der Waals surface area contributed by atoms with Crippen molar-refractivity contribution in [2.45, 2.75) is 59.5 Å². The number of hydrogen-bond acceptors (Lipinski definition) is 23. The molecule has 600 valence electrons. The van der Waals surface area contributed by atoms with Crippen molar-refractivity contribution in [2.75, 3.05) is 34.8 Å². The first-order valence-electron chi connectivity index (χ1n) is 34.8. The zero-order valence-electron chi connectivity index (χ0n) is 62.9. The molecule has 0 saturated heterocycles. The topological polar surface area (TPSA) is 456 Å². The van der Waals surface area contributed by atoms with Gasteiger partial charge in [0.15, 0.2) is 0 Å². The molecular weight excluding hydrogens is 1550 g/mol. The Kier molecular flexibility index (Phi) is 33.5. The van der Waals surface area contributed by atoms with E-state index in [1.807, 2.05) is 48.5 Å². The molecule has 0 unspecified atom stereocenters. The molecule has 4 heterocycles. The van der Waals surface area contributed by atoms with E-state index in [-0.39, 0.29) is 23.1 Å². The van der Waals surface area contributed by atoms with E-state index in [0.717, 1.165) is 106 Å². The third-order valence-corrected chi connectivity index (χ3v) is 16.3. The van der Waals surface area contributed by atoms with Crippen molar-refractivity contribution >= 4 is 91.1 Å². The number of carbonyl (C=O) groups is 2. The zero-order chi connectivity index (χ0) is 83.1. The summed E-state index contributed by atoms with van der Waals surface area (Å²) in [6.45, 7) is 6.61. The minimum Gasteiger partial charge on any atom is -0.863 e. The molecule has 0 bridgehead atoms. The van der Waals surface area contributed by atoms with Gasteiger partial charge in [-0.2, -0.15) is 0 Å². The van der Waals surface area contributed by atoms with Crippen molar-refractivity contribution in [3.63, 3.8) is 0 Å². The van der Waals surface area contributed by atoms with Gasteiger partial charge < -0.3 is 52.9 Å². The van der Waals surface area contributed by atoms with Gasteiger partial charge in [0, 0.05) is 61.0 Å². The van der Waals surface area contributed by atoms with E-state index in [0.29, 0.717) is 50.7 Å². The van der Waals surface area contributed by atoms with Gasteiger partial charge in [-0.25, -0.2) is 19.9 Å². The number of para-hydroxylation sites is 8. The van der Waals surface area contributed by atoms with E-state index < -0.39 is 75.2 Å². The molecule has 0 spiro atoms. The normalized spacial score (nSPS) is 10.3. The van der Waals surface area contributed by atoms with E-state index in [1.165, 1.54) is 32.1 Å². The first-order valence-corrected chi connectivity index (χ1v) is 34.8. The number of benzene rings is 10. The number of nitro benzene ring substituents is 6. The molecule has 35 nitrogen and oxygen atoms in total. The van der Waals surface area contributed by atoms with Gasteiger partial charge in [0.25, 0.3) is 34.1 Å². The van der Waals surface area contributed by atoms with E-state index >= 15 is 0 Å². The van der Waals surface area contributed by atoms with Gasteiger partial charge in [0.2, 0.25) is 12.8 Å². The Hall–Kier alpha value is -14.6. The molecule has 0 saturated carbocycles. The van der Waals surface area contributed by atoms with Crippen LogP contribution in [0.1, 0.15) is 52.5 Å². The number of imidazole rings is 4. The average Bonchev–Trinajstić information content (AvgIpc) is 1.71. The predicted molar refractivity (Wildman–Crippen MR) is 422 cm³/mol. The average molecular weight is 1620 g/mol. The molecule has 0 radical (unpaired) electrons. The Morgan fingerprint density at radius 1 is 0.345 bits per heavy atom. The molecule has 0 atom stereocenters. The monoisotopic (exact) mass is 1620 g/mol. The van der Waals surface area contributed by atoms with Crippen LogP contribution < -0.4 is 10.2 Å². The Labute approximate surface area is 671 Å². The molecule has 1 N–H and O–H groups in total. The van der Waals surface area contributed by atoms with Crippen molar-refractivity contribution in [3.05, 3.63) is 349 Å². The number of ether oxygens (including phenoxy) is 2. The molecule has 14 rings (SSSR count). The number of rotatable bonds is 24. The van der Waals surface area contributed by atoms with E-state index in [2.05, 4.69) is 188 Å². The molecule has 4 aromatic heterocycles. The standard InChI is InChI=1S/2C30H26N4O.2C6H3N3O7.2C3H7NO.C2H6O.Ni/c2*1-3-11-23(12-4-1)19-33-27-17-9-7-15-25(27)31-29(33)21-35-22-30-32-26-16-8-10-18-28(26)34(30)20-24-13-5-2-6-14-24;2*10-6-4(8(13)14)1-3(7(11)12)2-5(6)9(15)16;2*1-4(2)3-5;1-2-3;/h2*1-18H,19-22H2;2*1-2,10H;2*3H,1-2H3;3H,2H2,1H3;/q;;;;;;;+2/p-2. The fourth-order valence-electron chi connectivity index (χ4n) is 11.1. The van der Waals surface area contributed by atoms with Crippen LogP contribution in [-0.2, 0) is 88.2 Å². The maximum atomic E-state index is 11.1. The van der Waals surface area contributed by atoms with Crippen molar-refractivity contribution in [3.8, 4) is 11.5 Å². The number of non-ortho nitro benzene ring substituents is 2. The van der Waals surface area contributed by atoms with E-state index in [9.17, 15) is 80.5 Å². The molecule has 0 fully saturated rings. The smallest absolute Gasteiger partial charge is 0.863 e. The van der Waals surface area contributed by atoms with Crippen LogP contribution in [0.4, 0.5) is 34.1 Å². The van der Waals surface area contributed by atoms with Crippen LogP contribution in [0.5, 0.6) is 11.5 Å². The molecule has 14 aromatic rings. The van der Waals surface area contributed by atoms with Gasteiger partial charge in [0.05, 0.1) is 109 Å². The van der Waals surface area contributed by atoms with E-state index in [4.69, 9.17) is 34.5 Å². The second kappa shape index (κ2) is 43.8. The maximum Gasteiger partial charge on any atom is 2.00 e. The number of nitrogens with zero attached hydrogens (tertiary/aromatic N) is 16. The van der Waals surface area contributed by atoms with Gasteiger partial charge in [-0.1, -0.05) is 170 Å². The largest absolute Gasteiger partial charge is 2.00 e. The molecule has 2 amide bonds. The Bertz CT molecular complexity index is 5000. The number of amides is 2. The molecule has 10 aromatic carbocycles. The number of hydrogen-bond donors (Lipinski definition) is 1.